The Bertz CT molecular complexity index is 2070. The fourth-order valence-corrected chi connectivity index (χ4v) is 10.4. The largest absolute Gasteiger partial charge is 0.496 e. The third-order valence-electron chi connectivity index (χ3n) is 11.6. The zero-order valence-corrected chi connectivity index (χ0v) is 38.8. The van der Waals surface area contributed by atoms with Gasteiger partial charge in [-0.3, -0.25) is 0 Å². The molecule has 0 radical (unpaired) electrons. The van der Waals surface area contributed by atoms with Crippen molar-refractivity contribution in [1.29, 1.82) is 0 Å². The van der Waals surface area contributed by atoms with Crippen molar-refractivity contribution in [2.24, 2.45) is 0 Å². The summed E-state index contributed by atoms with van der Waals surface area (Å²) in [7, 11) is 2.67. The highest BCUT2D eigenvalue weighted by molar-refractivity contribution is 6.59. The topological polar surface area (TPSA) is 18.5 Å². The molecule has 0 saturated carbocycles. The molecule has 4 aromatic carbocycles. The van der Waals surface area contributed by atoms with Gasteiger partial charge in [-0.25, -0.2) is 0 Å². The van der Waals surface area contributed by atoms with Gasteiger partial charge in [0.15, 0.2) is 0 Å². The summed E-state index contributed by atoms with van der Waals surface area (Å²) < 4.78 is 11.4. The van der Waals surface area contributed by atoms with Gasteiger partial charge in [0.1, 0.15) is 11.5 Å². The highest BCUT2D eigenvalue weighted by Crippen LogP contribution is 2.48. The van der Waals surface area contributed by atoms with Gasteiger partial charge in [0.05, 0.1) is 14.2 Å². The van der Waals surface area contributed by atoms with Crippen LogP contribution in [0.4, 0.5) is 0 Å². The maximum atomic E-state index is 5.82. The van der Waals surface area contributed by atoms with E-state index in [-0.39, 0.29) is 21.7 Å². The van der Waals surface area contributed by atoms with Crippen LogP contribution in [0, 0.1) is 0 Å². The number of hydrogen-bond donors (Lipinski definition) is 0. The van der Waals surface area contributed by atoms with E-state index in [4.69, 9.17) is 9.47 Å². The maximum Gasteiger partial charge on any atom is 0.123 e. The lowest BCUT2D eigenvalue weighted by Gasteiger charge is -2.27. The Hall–Kier alpha value is -3.82. The fourth-order valence-electron chi connectivity index (χ4n) is 8.24. The second-order valence-electron chi connectivity index (χ2n) is 20.7. The number of hydrogen-bond acceptors (Lipinski definition) is 2. The van der Waals surface area contributed by atoms with E-state index in [0.29, 0.717) is 5.54 Å². The standard InChI is InChI=1S/C27H38OSi.C25H32O/c1-17-13-22-21(11-12-23(28-8)24(22)25(17)29(9)10)18-14-19(26(2,3)4)16-20(15-18)27(5,6)7;1-16-11-21-20(9-10-23(26-8)22(21)12-16)17-13-18(24(2,3)4)15-19(14-17)25(5,6)7/h11-16,25,29H,1-10H3;9-11,13-15H,12H2,1-8H3. The second-order valence-corrected chi connectivity index (χ2v) is 23.9. The zero-order valence-electron chi connectivity index (χ0n) is 37.6. The van der Waals surface area contributed by atoms with Gasteiger partial charge >= 0.3 is 0 Å². The molecule has 55 heavy (non-hydrogen) atoms. The lowest BCUT2D eigenvalue weighted by molar-refractivity contribution is 0.410. The number of rotatable bonds is 5. The smallest absolute Gasteiger partial charge is 0.123 e. The summed E-state index contributed by atoms with van der Waals surface area (Å²) in [5.74, 6) is 2.05. The summed E-state index contributed by atoms with van der Waals surface area (Å²) in [6.45, 7) is 37.0. The molecule has 0 bridgehead atoms. The van der Waals surface area contributed by atoms with E-state index in [9.17, 15) is 0 Å². The van der Waals surface area contributed by atoms with Gasteiger partial charge in [0.25, 0.3) is 0 Å². The molecule has 2 nitrogen and oxygen atoms in total. The van der Waals surface area contributed by atoms with Crippen LogP contribution in [0.25, 0.3) is 34.4 Å². The second kappa shape index (κ2) is 15.3. The fraction of sp³-hybridized carbons (Fsp3) is 0.462. The quantitative estimate of drug-likeness (QED) is 0.189. The molecule has 0 spiro atoms. The van der Waals surface area contributed by atoms with Crippen molar-refractivity contribution in [3.8, 4) is 33.8 Å². The number of methoxy groups -OCH3 is 2. The summed E-state index contributed by atoms with van der Waals surface area (Å²) in [5, 5.41) is 0. The average molecular weight is 755 g/mol. The van der Waals surface area contributed by atoms with Gasteiger partial charge in [0, 0.05) is 25.5 Å². The van der Waals surface area contributed by atoms with Gasteiger partial charge in [-0.2, -0.15) is 0 Å². The Morgan fingerprint density at radius 2 is 0.927 bits per heavy atom. The van der Waals surface area contributed by atoms with Crippen molar-refractivity contribution in [3.05, 3.63) is 116 Å². The van der Waals surface area contributed by atoms with Gasteiger partial charge < -0.3 is 9.47 Å². The Morgan fingerprint density at radius 3 is 1.31 bits per heavy atom. The van der Waals surface area contributed by atoms with Crippen molar-refractivity contribution < 1.29 is 9.47 Å². The van der Waals surface area contributed by atoms with Crippen molar-refractivity contribution >= 4 is 20.9 Å². The average Bonchev–Trinajstić information content (AvgIpc) is 3.65. The molecular formula is C52H70O2Si. The molecule has 0 aromatic heterocycles. The molecular weight excluding hydrogens is 685 g/mol. The van der Waals surface area contributed by atoms with E-state index < -0.39 is 8.80 Å². The van der Waals surface area contributed by atoms with Crippen LogP contribution < -0.4 is 9.47 Å². The minimum atomic E-state index is -0.897. The monoisotopic (exact) mass is 755 g/mol. The molecule has 6 rings (SSSR count). The van der Waals surface area contributed by atoms with Gasteiger partial charge in [-0.15, -0.1) is 0 Å². The number of benzene rings is 4. The zero-order chi connectivity index (χ0) is 41.0. The van der Waals surface area contributed by atoms with Crippen molar-refractivity contribution in [1.82, 2.24) is 0 Å². The summed E-state index contributed by atoms with van der Waals surface area (Å²) in [4.78, 5) is 0. The normalized spacial score (nSPS) is 15.6. The molecule has 0 aliphatic heterocycles. The number of ether oxygens (including phenoxy) is 2. The Balaban J connectivity index is 0.000000212. The summed E-state index contributed by atoms with van der Waals surface area (Å²) in [6.07, 6.45) is 5.73. The molecule has 4 aromatic rings. The molecule has 0 fully saturated rings. The first kappa shape index (κ1) is 42.3. The first-order valence-corrected chi connectivity index (χ1v) is 23.4. The van der Waals surface area contributed by atoms with Crippen LogP contribution in [-0.4, -0.2) is 23.0 Å². The minimum Gasteiger partial charge on any atom is -0.496 e. The molecule has 0 amide bonds. The summed E-state index contributed by atoms with van der Waals surface area (Å²) in [5.41, 5.74) is 20.3. The van der Waals surface area contributed by atoms with Crippen LogP contribution >= 0.6 is 0 Å². The highest BCUT2D eigenvalue weighted by Gasteiger charge is 2.32. The molecule has 0 heterocycles. The third-order valence-corrected chi connectivity index (χ3v) is 13.8. The first-order chi connectivity index (χ1) is 25.3. The highest BCUT2D eigenvalue weighted by atomic mass is 28.3. The van der Waals surface area contributed by atoms with E-state index in [1.54, 1.807) is 14.2 Å². The predicted octanol–water partition coefficient (Wildman–Crippen LogP) is 14.4. The summed E-state index contributed by atoms with van der Waals surface area (Å²) in [6, 6.07) is 23.1. The molecule has 1 unspecified atom stereocenters. The van der Waals surface area contributed by atoms with Crippen molar-refractivity contribution in [2.75, 3.05) is 14.2 Å². The molecule has 2 aliphatic rings. The van der Waals surface area contributed by atoms with Crippen LogP contribution in [-0.2, 0) is 28.1 Å². The van der Waals surface area contributed by atoms with Gasteiger partial charge in [-0.05, 0) is 110 Å². The predicted molar refractivity (Wildman–Crippen MR) is 244 cm³/mol. The molecule has 1 atom stereocenters. The van der Waals surface area contributed by atoms with E-state index in [1.165, 1.54) is 77.9 Å². The van der Waals surface area contributed by atoms with Crippen molar-refractivity contribution in [2.45, 2.75) is 144 Å². The third kappa shape index (κ3) is 8.93. The molecule has 294 valence electrons. The maximum absolute atomic E-state index is 5.82. The van der Waals surface area contributed by atoms with E-state index in [0.717, 1.165) is 17.9 Å². The number of allylic oxidation sites excluding steroid dienone is 2. The Kier molecular flexibility index (Phi) is 11.7. The Morgan fingerprint density at radius 1 is 0.527 bits per heavy atom. The van der Waals surface area contributed by atoms with Gasteiger partial charge in [0.2, 0.25) is 0 Å². The molecule has 3 heteroatoms. The van der Waals surface area contributed by atoms with Crippen LogP contribution in [0.15, 0.2) is 71.8 Å². The molecule has 0 N–H and O–H groups in total. The SMILES string of the molecule is COc1ccc(-c2cc(C(C)(C)C)cc(C(C)(C)C)c2)c2c1C([SiH](C)C)C(C)=C2.COc1ccc(-c2cc(C(C)(C)C)cc(C(C)(C)C)c2)c2c1CC(C)=C2. The van der Waals surface area contributed by atoms with E-state index in [2.05, 4.69) is 183 Å². The van der Waals surface area contributed by atoms with E-state index >= 15 is 0 Å². The number of fused-ring (bicyclic) bond motifs is 2. The van der Waals surface area contributed by atoms with Crippen LogP contribution in [0.3, 0.4) is 0 Å². The van der Waals surface area contributed by atoms with Gasteiger partial charge in [-0.1, -0.05) is 168 Å². The Labute approximate surface area is 337 Å². The van der Waals surface area contributed by atoms with Crippen molar-refractivity contribution in [3.63, 3.8) is 0 Å². The lowest BCUT2D eigenvalue weighted by atomic mass is 9.78. The van der Waals surface area contributed by atoms with Crippen LogP contribution in [0.2, 0.25) is 13.1 Å². The van der Waals surface area contributed by atoms with Crippen LogP contribution in [0.5, 0.6) is 11.5 Å². The summed E-state index contributed by atoms with van der Waals surface area (Å²) >= 11 is 0. The molecule has 0 saturated heterocycles. The minimum absolute atomic E-state index is 0.116. The first-order valence-electron chi connectivity index (χ1n) is 20.4. The lowest BCUT2D eigenvalue weighted by Crippen LogP contribution is -2.17. The van der Waals surface area contributed by atoms with E-state index in [1.807, 2.05) is 0 Å². The van der Waals surface area contributed by atoms with Crippen LogP contribution in [0.1, 0.15) is 147 Å². The molecule has 2 aliphatic carbocycles.